The first-order chi connectivity index (χ1) is 5.90. The van der Waals surface area contributed by atoms with Crippen molar-refractivity contribution in [3.05, 3.63) is 23.8 Å². The molecule has 0 N–H and O–H groups in total. The van der Waals surface area contributed by atoms with Crippen LogP contribution in [0.1, 0.15) is 31.0 Å². The van der Waals surface area contributed by atoms with Crippen molar-refractivity contribution in [1.29, 1.82) is 0 Å². The van der Waals surface area contributed by atoms with E-state index in [1.807, 2.05) is 0 Å². The largest absolute Gasteiger partial charge is 0.241 e. The summed E-state index contributed by atoms with van der Waals surface area (Å²) in [5.74, 6) is 0.833. The fourth-order valence-electron chi connectivity index (χ4n) is 1.81. The van der Waals surface area contributed by atoms with Crippen LogP contribution in [0.25, 0.3) is 0 Å². The minimum absolute atomic E-state index is 0.833. The van der Waals surface area contributed by atoms with E-state index in [0.29, 0.717) is 0 Å². The minimum Gasteiger partial charge on any atom is -0.241 e. The number of fused-ring (bicyclic) bond motifs is 1. The third-order valence-electron chi connectivity index (χ3n) is 2.68. The maximum Gasteiger partial charge on any atom is 0.116 e. The third kappa shape index (κ3) is 1.33. The molecular formula is C10H13N2. The summed E-state index contributed by atoms with van der Waals surface area (Å²) in [5.41, 5.74) is 2.46. The highest BCUT2D eigenvalue weighted by Crippen LogP contribution is 2.24. The Hall–Kier alpha value is -0.920. The Labute approximate surface area is 73.1 Å². The van der Waals surface area contributed by atoms with E-state index < -0.39 is 0 Å². The monoisotopic (exact) mass is 161 g/mol. The first kappa shape index (κ1) is 7.71. The Bertz CT molecular complexity index is 270. The van der Waals surface area contributed by atoms with Gasteiger partial charge in [0.05, 0.1) is 6.20 Å². The molecular weight excluding hydrogens is 148 g/mol. The van der Waals surface area contributed by atoms with Crippen LogP contribution in [0.4, 0.5) is 0 Å². The first-order valence-electron chi connectivity index (χ1n) is 4.60. The van der Waals surface area contributed by atoms with Gasteiger partial charge in [-0.15, -0.1) is 0 Å². The topological polar surface area (TPSA) is 25.8 Å². The lowest BCUT2D eigenvalue weighted by Gasteiger charge is -2.21. The molecule has 1 atom stereocenters. The predicted molar refractivity (Wildman–Crippen MR) is 46.7 cm³/mol. The summed E-state index contributed by atoms with van der Waals surface area (Å²) in [6, 6.07) is 0. The molecule has 0 aromatic carbocycles. The van der Waals surface area contributed by atoms with Crippen molar-refractivity contribution in [3.63, 3.8) is 0 Å². The standard InChI is InChI=1S/C10H13N2/c1-2-8-3-4-10-9(5-8)6-11-7-12-10/h7-8H,2-5H2,1H3. The third-order valence-corrected chi connectivity index (χ3v) is 2.68. The molecule has 1 aliphatic carbocycles. The normalized spacial score (nSPS) is 21.9. The maximum absolute atomic E-state index is 4.25. The Morgan fingerprint density at radius 1 is 1.67 bits per heavy atom. The Kier molecular flexibility index (Phi) is 2.07. The fraction of sp³-hybridized carbons (Fsp3) is 0.600. The molecule has 12 heavy (non-hydrogen) atoms. The van der Waals surface area contributed by atoms with Crippen molar-refractivity contribution < 1.29 is 0 Å². The molecule has 2 rings (SSSR count). The first-order valence-corrected chi connectivity index (χ1v) is 4.60. The SMILES string of the molecule is CCC1CCc2ncn[c]c2C1. The van der Waals surface area contributed by atoms with Gasteiger partial charge in [-0.3, -0.25) is 0 Å². The lowest BCUT2D eigenvalue weighted by atomic mass is 9.86. The second-order valence-corrected chi connectivity index (χ2v) is 3.43. The number of aryl methyl sites for hydroxylation is 1. The van der Waals surface area contributed by atoms with Crippen LogP contribution in [0.5, 0.6) is 0 Å². The van der Waals surface area contributed by atoms with Crippen molar-refractivity contribution in [3.8, 4) is 0 Å². The molecule has 0 amide bonds. The van der Waals surface area contributed by atoms with Gasteiger partial charge in [-0.2, -0.15) is 0 Å². The summed E-state index contributed by atoms with van der Waals surface area (Å²) < 4.78 is 0. The molecule has 1 radical (unpaired) electrons. The molecule has 0 bridgehead atoms. The van der Waals surface area contributed by atoms with E-state index in [2.05, 4.69) is 23.1 Å². The molecule has 0 spiro atoms. The molecule has 2 heteroatoms. The highest BCUT2D eigenvalue weighted by Gasteiger charge is 2.17. The van der Waals surface area contributed by atoms with Crippen LogP contribution in [0, 0.1) is 12.1 Å². The zero-order chi connectivity index (χ0) is 8.39. The van der Waals surface area contributed by atoms with Crippen molar-refractivity contribution in [2.75, 3.05) is 0 Å². The van der Waals surface area contributed by atoms with Crippen molar-refractivity contribution in [1.82, 2.24) is 9.97 Å². The molecule has 0 fully saturated rings. The number of aromatic nitrogens is 2. The van der Waals surface area contributed by atoms with Gasteiger partial charge in [0.1, 0.15) is 6.33 Å². The molecule has 0 aliphatic heterocycles. The van der Waals surface area contributed by atoms with E-state index >= 15 is 0 Å². The van der Waals surface area contributed by atoms with Gasteiger partial charge in [0.2, 0.25) is 0 Å². The predicted octanol–water partition coefficient (Wildman–Crippen LogP) is 1.79. The van der Waals surface area contributed by atoms with Gasteiger partial charge >= 0.3 is 0 Å². The minimum atomic E-state index is 0.833. The van der Waals surface area contributed by atoms with Crippen LogP contribution >= 0.6 is 0 Å². The van der Waals surface area contributed by atoms with Gasteiger partial charge in [-0.1, -0.05) is 13.3 Å². The zero-order valence-corrected chi connectivity index (χ0v) is 7.38. The van der Waals surface area contributed by atoms with Crippen LogP contribution < -0.4 is 0 Å². The molecule has 1 aliphatic rings. The number of nitrogens with zero attached hydrogens (tertiary/aromatic N) is 2. The highest BCUT2D eigenvalue weighted by atomic mass is 14.8. The van der Waals surface area contributed by atoms with E-state index in [1.54, 1.807) is 6.33 Å². The second kappa shape index (κ2) is 3.21. The summed E-state index contributed by atoms with van der Waals surface area (Å²) in [6.45, 7) is 2.25. The quantitative estimate of drug-likeness (QED) is 0.627. The van der Waals surface area contributed by atoms with E-state index in [4.69, 9.17) is 0 Å². The fourth-order valence-corrected chi connectivity index (χ4v) is 1.81. The molecule has 0 saturated heterocycles. The zero-order valence-electron chi connectivity index (χ0n) is 7.38. The average molecular weight is 161 g/mol. The van der Waals surface area contributed by atoms with Gasteiger partial charge in [0.15, 0.2) is 0 Å². The smallest absolute Gasteiger partial charge is 0.116 e. The van der Waals surface area contributed by atoms with Crippen molar-refractivity contribution in [2.45, 2.75) is 32.6 Å². The second-order valence-electron chi connectivity index (χ2n) is 3.43. The summed E-state index contributed by atoms with van der Waals surface area (Å²) in [6.07, 6.45) is 9.44. The van der Waals surface area contributed by atoms with E-state index in [9.17, 15) is 0 Å². The molecule has 1 heterocycles. The molecule has 1 unspecified atom stereocenters. The van der Waals surface area contributed by atoms with Crippen LogP contribution in [0.2, 0.25) is 0 Å². The van der Waals surface area contributed by atoms with Gasteiger partial charge < -0.3 is 0 Å². The summed E-state index contributed by atoms with van der Waals surface area (Å²) in [4.78, 5) is 8.18. The molecule has 0 saturated carbocycles. The Morgan fingerprint density at radius 3 is 3.42 bits per heavy atom. The summed E-state index contributed by atoms with van der Waals surface area (Å²) in [7, 11) is 0. The van der Waals surface area contributed by atoms with E-state index in [-0.39, 0.29) is 0 Å². The van der Waals surface area contributed by atoms with Crippen LogP contribution in [0.15, 0.2) is 6.33 Å². The van der Waals surface area contributed by atoms with Gasteiger partial charge in [-0.25, -0.2) is 9.97 Å². The summed E-state index contributed by atoms with van der Waals surface area (Å²) >= 11 is 0. The maximum atomic E-state index is 4.25. The molecule has 1 aromatic rings. The van der Waals surface area contributed by atoms with Gasteiger partial charge in [0, 0.05) is 11.3 Å². The van der Waals surface area contributed by atoms with Crippen LogP contribution in [-0.2, 0) is 12.8 Å². The Balaban J connectivity index is 2.23. The molecule has 2 nitrogen and oxygen atoms in total. The molecule has 1 aromatic heterocycles. The lowest BCUT2D eigenvalue weighted by molar-refractivity contribution is 0.438. The van der Waals surface area contributed by atoms with E-state index in [0.717, 1.165) is 18.8 Å². The molecule has 63 valence electrons. The number of hydrogen-bond donors (Lipinski definition) is 0. The van der Waals surface area contributed by atoms with Gasteiger partial charge in [-0.05, 0) is 25.2 Å². The van der Waals surface area contributed by atoms with Crippen LogP contribution in [0.3, 0.4) is 0 Å². The summed E-state index contributed by atoms with van der Waals surface area (Å²) in [5, 5.41) is 0. The number of rotatable bonds is 1. The van der Waals surface area contributed by atoms with Crippen LogP contribution in [-0.4, -0.2) is 9.97 Å². The number of hydrogen-bond acceptors (Lipinski definition) is 2. The highest BCUT2D eigenvalue weighted by molar-refractivity contribution is 5.18. The van der Waals surface area contributed by atoms with E-state index in [1.165, 1.54) is 24.1 Å². The van der Waals surface area contributed by atoms with Gasteiger partial charge in [0.25, 0.3) is 0 Å². The van der Waals surface area contributed by atoms with Crippen molar-refractivity contribution in [2.24, 2.45) is 5.92 Å². The van der Waals surface area contributed by atoms with Crippen molar-refractivity contribution >= 4 is 0 Å². The lowest BCUT2D eigenvalue weighted by Crippen LogP contribution is -2.15. The average Bonchev–Trinajstić information content (AvgIpc) is 2.17. The Morgan fingerprint density at radius 2 is 2.58 bits per heavy atom.